The van der Waals surface area contributed by atoms with Gasteiger partial charge in [0.2, 0.25) is 0 Å². The van der Waals surface area contributed by atoms with Crippen LogP contribution in [0.5, 0.6) is 0 Å². The highest BCUT2D eigenvalue weighted by Crippen LogP contribution is 2.30. The van der Waals surface area contributed by atoms with Gasteiger partial charge in [-0.15, -0.1) is 0 Å². The maximum absolute atomic E-state index is 10.6. The number of benzene rings is 2. The molecule has 17 heavy (non-hydrogen) atoms. The molecule has 0 fully saturated rings. The lowest BCUT2D eigenvalue weighted by Gasteiger charge is -2.01. The number of hydrogen-bond donors (Lipinski definition) is 0. The second kappa shape index (κ2) is 5.33. The maximum atomic E-state index is 10.6. The first kappa shape index (κ1) is 12.1. The van der Waals surface area contributed by atoms with Crippen LogP contribution >= 0.6 is 27.7 Å². The summed E-state index contributed by atoms with van der Waals surface area (Å²) < 4.78 is 1.01. The Balaban J connectivity index is 2.21. The zero-order chi connectivity index (χ0) is 12.3. The Bertz CT molecular complexity index is 542. The van der Waals surface area contributed by atoms with Crippen molar-refractivity contribution in [3.8, 4) is 0 Å². The second-order valence-corrected chi connectivity index (χ2v) is 5.37. The van der Waals surface area contributed by atoms with Crippen molar-refractivity contribution in [2.75, 3.05) is 0 Å². The maximum Gasteiger partial charge on any atom is 0.270 e. The second-order valence-electron chi connectivity index (χ2n) is 3.31. The van der Waals surface area contributed by atoms with E-state index in [4.69, 9.17) is 0 Å². The molecule has 0 aromatic heterocycles. The van der Waals surface area contributed by atoms with Crippen molar-refractivity contribution in [2.45, 2.75) is 9.79 Å². The zero-order valence-electron chi connectivity index (χ0n) is 8.67. The van der Waals surface area contributed by atoms with Gasteiger partial charge in [0.1, 0.15) is 0 Å². The Morgan fingerprint density at radius 2 is 1.76 bits per heavy atom. The van der Waals surface area contributed by atoms with E-state index >= 15 is 0 Å². The summed E-state index contributed by atoms with van der Waals surface area (Å²) in [6.45, 7) is 0. The molecule has 5 heteroatoms. The van der Waals surface area contributed by atoms with Gasteiger partial charge < -0.3 is 0 Å². The molecular weight excluding hydrogens is 302 g/mol. The van der Waals surface area contributed by atoms with Gasteiger partial charge >= 0.3 is 0 Å². The van der Waals surface area contributed by atoms with Crippen molar-refractivity contribution >= 4 is 33.4 Å². The first-order valence-electron chi connectivity index (χ1n) is 4.83. The van der Waals surface area contributed by atoms with Crippen LogP contribution in [-0.4, -0.2) is 4.92 Å². The Labute approximate surface area is 111 Å². The van der Waals surface area contributed by atoms with E-state index in [1.165, 1.54) is 17.8 Å². The first-order valence-corrected chi connectivity index (χ1v) is 6.44. The number of nitro groups is 1. The molecule has 2 aromatic carbocycles. The molecule has 0 atom stereocenters. The van der Waals surface area contributed by atoms with Gasteiger partial charge in [-0.1, -0.05) is 33.8 Å². The molecule has 0 saturated heterocycles. The van der Waals surface area contributed by atoms with Crippen molar-refractivity contribution in [1.82, 2.24) is 0 Å². The van der Waals surface area contributed by atoms with E-state index in [1.807, 2.05) is 30.3 Å². The fourth-order valence-electron chi connectivity index (χ4n) is 1.30. The van der Waals surface area contributed by atoms with Crippen LogP contribution in [0.1, 0.15) is 0 Å². The van der Waals surface area contributed by atoms with Gasteiger partial charge in [0.25, 0.3) is 5.69 Å². The SMILES string of the molecule is O=[N+]([O-])c1cccc(Sc2ccc(Br)cc2)c1. The third-order valence-electron chi connectivity index (χ3n) is 2.08. The molecule has 0 spiro atoms. The molecule has 86 valence electrons. The topological polar surface area (TPSA) is 43.1 Å². The van der Waals surface area contributed by atoms with Crippen molar-refractivity contribution in [3.05, 3.63) is 63.1 Å². The van der Waals surface area contributed by atoms with Crippen LogP contribution in [0.25, 0.3) is 0 Å². The molecule has 0 aliphatic carbocycles. The van der Waals surface area contributed by atoms with Crippen LogP contribution in [0.3, 0.4) is 0 Å². The van der Waals surface area contributed by atoms with Crippen molar-refractivity contribution in [3.63, 3.8) is 0 Å². The molecule has 0 aliphatic rings. The minimum atomic E-state index is -0.383. The van der Waals surface area contributed by atoms with E-state index < -0.39 is 0 Å². The molecule has 0 saturated carbocycles. The molecule has 0 aliphatic heterocycles. The standard InChI is InChI=1S/C12H8BrNO2S/c13-9-4-6-11(7-5-9)17-12-3-1-2-10(8-12)14(15)16/h1-8H. The molecule has 0 radical (unpaired) electrons. The monoisotopic (exact) mass is 309 g/mol. The summed E-state index contributed by atoms with van der Waals surface area (Å²) in [7, 11) is 0. The van der Waals surface area contributed by atoms with E-state index in [1.54, 1.807) is 12.1 Å². The minimum Gasteiger partial charge on any atom is -0.258 e. The number of halogens is 1. The third-order valence-corrected chi connectivity index (χ3v) is 3.60. The molecular formula is C12H8BrNO2S. The first-order chi connectivity index (χ1) is 8.15. The molecule has 0 unspecified atom stereocenters. The predicted molar refractivity (Wildman–Crippen MR) is 71.4 cm³/mol. The highest BCUT2D eigenvalue weighted by Gasteiger charge is 2.06. The largest absolute Gasteiger partial charge is 0.270 e. The van der Waals surface area contributed by atoms with Crippen LogP contribution in [0, 0.1) is 10.1 Å². The quantitative estimate of drug-likeness (QED) is 0.619. The molecule has 0 heterocycles. The van der Waals surface area contributed by atoms with E-state index in [-0.39, 0.29) is 10.6 Å². The number of hydrogen-bond acceptors (Lipinski definition) is 3. The van der Waals surface area contributed by atoms with E-state index in [0.29, 0.717) is 0 Å². The number of non-ortho nitro benzene ring substituents is 1. The Morgan fingerprint density at radius 1 is 1.06 bits per heavy atom. The number of nitro benzene ring substituents is 1. The Morgan fingerprint density at radius 3 is 2.41 bits per heavy atom. The van der Waals surface area contributed by atoms with Gasteiger partial charge in [0.15, 0.2) is 0 Å². The normalized spacial score (nSPS) is 10.2. The summed E-state index contributed by atoms with van der Waals surface area (Å²) in [5.74, 6) is 0. The van der Waals surface area contributed by atoms with Crippen LogP contribution in [-0.2, 0) is 0 Å². The molecule has 0 bridgehead atoms. The highest BCUT2D eigenvalue weighted by molar-refractivity contribution is 9.10. The van der Waals surface area contributed by atoms with Gasteiger partial charge in [0.05, 0.1) is 4.92 Å². The van der Waals surface area contributed by atoms with Gasteiger partial charge in [-0.25, -0.2) is 0 Å². The summed E-state index contributed by atoms with van der Waals surface area (Å²) in [6, 6.07) is 14.4. The predicted octanol–water partition coefficient (Wildman–Crippen LogP) is 4.51. The van der Waals surface area contributed by atoms with Crippen LogP contribution in [0.4, 0.5) is 5.69 Å². The van der Waals surface area contributed by atoms with Crippen molar-refractivity contribution in [1.29, 1.82) is 0 Å². The lowest BCUT2D eigenvalue weighted by atomic mass is 10.3. The Kier molecular flexibility index (Phi) is 3.81. The average molecular weight is 310 g/mol. The van der Waals surface area contributed by atoms with Crippen LogP contribution < -0.4 is 0 Å². The summed E-state index contributed by atoms with van der Waals surface area (Å²) in [6.07, 6.45) is 0. The molecule has 0 N–H and O–H groups in total. The highest BCUT2D eigenvalue weighted by atomic mass is 79.9. The summed E-state index contributed by atoms with van der Waals surface area (Å²) in [5.41, 5.74) is 0.118. The minimum absolute atomic E-state index is 0.118. The number of rotatable bonds is 3. The summed E-state index contributed by atoms with van der Waals surface area (Å²) in [4.78, 5) is 12.2. The molecule has 3 nitrogen and oxygen atoms in total. The summed E-state index contributed by atoms with van der Waals surface area (Å²) in [5, 5.41) is 10.6. The lowest BCUT2D eigenvalue weighted by Crippen LogP contribution is -1.87. The Hall–Kier alpha value is -1.33. The van der Waals surface area contributed by atoms with E-state index in [2.05, 4.69) is 15.9 Å². The lowest BCUT2D eigenvalue weighted by molar-refractivity contribution is -0.385. The zero-order valence-corrected chi connectivity index (χ0v) is 11.1. The third kappa shape index (κ3) is 3.31. The van der Waals surface area contributed by atoms with Gasteiger partial charge in [-0.05, 0) is 30.3 Å². The molecule has 0 amide bonds. The fourth-order valence-corrected chi connectivity index (χ4v) is 2.43. The summed E-state index contributed by atoms with van der Waals surface area (Å²) >= 11 is 4.87. The molecule has 2 aromatic rings. The van der Waals surface area contributed by atoms with Gasteiger partial charge in [0, 0.05) is 26.4 Å². The van der Waals surface area contributed by atoms with Crippen molar-refractivity contribution < 1.29 is 4.92 Å². The van der Waals surface area contributed by atoms with Gasteiger partial charge in [-0.3, -0.25) is 10.1 Å². The smallest absolute Gasteiger partial charge is 0.258 e. The van der Waals surface area contributed by atoms with E-state index in [0.717, 1.165) is 14.3 Å². The van der Waals surface area contributed by atoms with Crippen LogP contribution in [0.15, 0.2) is 62.8 Å². The molecule has 2 rings (SSSR count). The fraction of sp³-hybridized carbons (Fsp3) is 0. The van der Waals surface area contributed by atoms with Crippen LogP contribution in [0.2, 0.25) is 0 Å². The van der Waals surface area contributed by atoms with E-state index in [9.17, 15) is 10.1 Å². The van der Waals surface area contributed by atoms with Crippen molar-refractivity contribution in [2.24, 2.45) is 0 Å². The van der Waals surface area contributed by atoms with Gasteiger partial charge in [-0.2, -0.15) is 0 Å². The number of nitrogens with zero attached hydrogens (tertiary/aromatic N) is 1. The average Bonchev–Trinajstić information content (AvgIpc) is 2.32.